The number of piperidine rings is 1. The van der Waals surface area contributed by atoms with Gasteiger partial charge in [-0.1, -0.05) is 11.6 Å². The number of ether oxygens (including phenoxy) is 1. The third kappa shape index (κ3) is 4.01. The Morgan fingerprint density at radius 2 is 1.94 bits per heavy atom. The summed E-state index contributed by atoms with van der Waals surface area (Å²) in [6.45, 7) is 3.87. The summed E-state index contributed by atoms with van der Waals surface area (Å²) in [5.74, 6) is 2.40. The molecule has 1 aromatic carbocycles. The van der Waals surface area contributed by atoms with Crippen molar-refractivity contribution in [2.75, 3.05) is 23.3 Å². The van der Waals surface area contributed by atoms with Crippen molar-refractivity contribution in [2.24, 2.45) is 18.9 Å². The van der Waals surface area contributed by atoms with Gasteiger partial charge in [0.2, 0.25) is 5.95 Å². The Labute approximate surface area is 184 Å². The van der Waals surface area contributed by atoms with E-state index in [2.05, 4.69) is 30.3 Å². The van der Waals surface area contributed by atoms with Crippen LogP contribution in [-0.4, -0.2) is 43.9 Å². The van der Waals surface area contributed by atoms with Gasteiger partial charge in [-0.2, -0.15) is 4.98 Å². The minimum absolute atomic E-state index is 0.000216. The fraction of sp³-hybridized carbons (Fsp3) is 0.429. The second kappa shape index (κ2) is 7.96. The van der Waals surface area contributed by atoms with E-state index in [4.69, 9.17) is 16.3 Å². The Morgan fingerprint density at radius 1 is 1.16 bits per heavy atom. The molecule has 2 bridgehead atoms. The molecule has 31 heavy (non-hydrogen) atoms. The normalized spacial score (nSPS) is 22.6. The zero-order valence-electron chi connectivity index (χ0n) is 17.3. The van der Waals surface area contributed by atoms with Gasteiger partial charge in [0.05, 0.1) is 5.02 Å². The number of aryl methyl sites for hydroxylation is 2. The van der Waals surface area contributed by atoms with E-state index in [1.165, 1.54) is 18.2 Å². The summed E-state index contributed by atoms with van der Waals surface area (Å²) in [6, 6.07) is 6.84. The third-order valence-electron chi connectivity index (χ3n) is 6.07. The molecule has 1 saturated heterocycles. The highest BCUT2D eigenvalue weighted by Crippen LogP contribution is 2.39. The molecule has 2 fully saturated rings. The standard InChI is InChI=1S/C21H23ClFN7O/c1-12-7-18(25-11-24-12)30-9-13-3-4-14(10-30)19(13)26-20-27-21(29(2)28-20)31-15-5-6-17(23)16(22)8-15/h5-8,11,13-14,19H,3-4,9-10H2,1-2H3,(H,26,28). The van der Waals surface area contributed by atoms with Gasteiger partial charge in [0, 0.05) is 44.0 Å². The van der Waals surface area contributed by atoms with E-state index >= 15 is 0 Å². The van der Waals surface area contributed by atoms with Crippen LogP contribution in [0.15, 0.2) is 30.6 Å². The molecular weight excluding hydrogens is 421 g/mol. The quantitative estimate of drug-likeness (QED) is 0.641. The van der Waals surface area contributed by atoms with Gasteiger partial charge in [-0.15, -0.1) is 5.10 Å². The van der Waals surface area contributed by atoms with Crippen LogP contribution in [0.25, 0.3) is 0 Å². The second-order valence-corrected chi connectivity index (χ2v) is 8.62. The monoisotopic (exact) mass is 443 g/mol. The van der Waals surface area contributed by atoms with Crippen LogP contribution in [0, 0.1) is 24.6 Å². The molecule has 2 unspecified atom stereocenters. The summed E-state index contributed by atoms with van der Waals surface area (Å²) in [4.78, 5) is 15.5. The zero-order chi connectivity index (χ0) is 21.5. The van der Waals surface area contributed by atoms with Gasteiger partial charge in [-0.05, 0) is 43.7 Å². The highest BCUT2D eigenvalue weighted by molar-refractivity contribution is 6.30. The molecule has 2 aliphatic rings. The number of rotatable bonds is 5. The van der Waals surface area contributed by atoms with Crippen LogP contribution in [0.3, 0.4) is 0 Å². The maximum atomic E-state index is 13.4. The minimum Gasteiger partial charge on any atom is -0.424 e. The van der Waals surface area contributed by atoms with Crippen molar-refractivity contribution in [1.82, 2.24) is 24.7 Å². The number of benzene rings is 1. The van der Waals surface area contributed by atoms with Gasteiger partial charge < -0.3 is 15.0 Å². The number of aromatic nitrogens is 5. The third-order valence-corrected chi connectivity index (χ3v) is 6.36. The van der Waals surface area contributed by atoms with Crippen LogP contribution >= 0.6 is 11.6 Å². The molecule has 0 spiro atoms. The van der Waals surface area contributed by atoms with E-state index in [-0.39, 0.29) is 5.02 Å². The molecular formula is C21H23ClFN7O. The molecule has 1 N–H and O–H groups in total. The van der Waals surface area contributed by atoms with Crippen molar-refractivity contribution in [3.8, 4) is 11.8 Å². The Morgan fingerprint density at radius 3 is 2.65 bits per heavy atom. The van der Waals surface area contributed by atoms with Crippen molar-refractivity contribution in [3.05, 3.63) is 47.1 Å². The Kier molecular flexibility index (Phi) is 5.13. The van der Waals surface area contributed by atoms with Gasteiger partial charge in [0.1, 0.15) is 23.7 Å². The van der Waals surface area contributed by atoms with Gasteiger partial charge in [-0.3, -0.25) is 0 Å². The number of halogens is 2. The first-order valence-corrected chi connectivity index (χ1v) is 10.7. The number of nitrogens with one attached hydrogen (secondary N) is 1. The van der Waals surface area contributed by atoms with E-state index in [0.29, 0.717) is 35.6 Å². The Bertz CT molecular complexity index is 1090. The molecule has 5 rings (SSSR count). The SMILES string of the molecule is Cc1cc(N2CC3CCC(C2)C3Nc2nc(Oc3ccc(F)c(Cl)c3)n(C)n2)ncn1. The van der Waals surface area contributed by atoms with Crippen LogP contribution in [-0.2, 0) is 7.05 Å². The summed E-state index contributed by atoms with van der Waals surface area (Å²) in [6.07, 6.45) is 3.95. The lowest BCUT2D eigenvalue weighted by atomic mass is 9.92. The summed E-state index contributed by atoms with van der Waals surface area (Å²) >= 11 is 5.84. The molecule has 10 heteroatoms. The lowest BCUT2D eigenvalue weighted by molar-refractivity contribution is 0.374. The van der Waals surface area contributed by atoms with Crippen molar-refractivity contribution in [1.29, 1.82) is 0 Å². The first kappa shape index (κ1) is 20.0. The van der Waals surface area contributed by atoms with Gasteiger partial charge >= 0.3 is 6.01 Å². The highest BCUT2D eigenvalue weighted by atomic mass is 35.5. The molecule has 0 radical (unpaired) electrons. The van der Waals surface area contributed by atoms with Crippen LogP contribution in [0.5, 0.6) is 11.8 Å². The predicted octanol–water partition coefficient (Wildman–Crippen LogP) is 3.83. The summed E-state index contributed by atoms with van der Waals surface area (Å²) in [7, 11) is 1.76. The molecule has 1 aliphatic carbocycles. The van der Waals surface area contributed by atoms with E-state index in [1.54, 1.807) is 18.1 Å². The van der Waals surface area contributed by atoms with Crippen molar-refractivity contribution < 1.29 is 9.13 Å². The average molecular weight is 444 g/mol. The fourth-order valence-electron chi connectivity index (χ4n) is 4.57. The van der Waals surface area contributed by atoms with Gasteiger partial charge in [-0.25, -0.2) is 19.0 Å². The van der Waals surface area contributed by atoms with Crippen LogP contribution < -0.4 is 15.0 Å². The summed E-state index contributed by atoms with van der Waals surface area (Å²) in [5, 5.41) is 7.98. The van der Waals surface area contributed by atoms with E-state index in [9.17, 15) is 4.39 Å². The zero-order valence-corrected chi connectivity index (χ0v) is 18.1. The van der Waals surface area contributed by atoms with Gasteiger partial charge in [0.25, 0.3) is 0 Å². The summed E-state index contributed by atoms with van der Waals surface area (Å²) in [5.41, 5.74) is 0.977. The summed E-state index contributed by atoms with van der Waals surface area (Å²) < 4.78 is 20.7. The maximum absolute atomic E-state index is 13.4. The fourth-order valence-corrected chi connectivity index (χ4v) is 4.74. The molecule has 1 saturated carbocycles. The molecule has 2 atom stereocenters. The van der Waals surface area contributed by atoms with Gasteiger partial charge in [0.15, 0.2) is 0 Å². The molecule has 3 heterocycles. The van der Waals surface area contributed by atoms with Crippen LogP contribution in [0.2, 0.25) is 5.02 Å². The predicted molar refractivity (Wildman–Crippen MR) is 115 cm³/mol. The minimum atomic E-state index is -0.492. The molecule has 3 aromatic rings. The first-order chi connectivity index (χ1) is 15.0. The number of fused-ring (bicyclic) bond motifs is 2. The molecule has 1 aliphatic heterocycles. The number of nitrogens with zero attached hydrogens (tertiary/aromatic N) is 6. The Hall–Kier alpha value is -2.94. The molecule has 8 nitrogen and oxygen atoms in total. The highest BCUT2D eigenvalue weighted by Gasteiger charge is 2.43. The average Bonchev–Trinajstić information content (AvgIpc) is 3.18. The molecule has 0 amide bonds. The lowest BCUT2D eigenvalue weighted by Gasteiger charge is -2.38. The van der Waals surface area contributed by atoms with Crippen LogP contribution in [0.1, 0.15) is 18.5 Å². The smallest absolute Gasteiger partial charge is 0.321 e. The Balaban J connectivity index is 1.28. The maximum Gasteiger partial charge on any atom is 0.321 e. The van der Waals surface area contributed by atoms with Crippen molar-refractivity contribution in [3.63, 3.8) is 0 Å². The molecule has 2 aromatic heterocycles. The molecule has 162 valence electrons. The van der Waals surface area contributed by atoms with Crippen molar-refractivity contribution in [2.45, 2.75) is 25.8 Å². The second-order valence-electron chi connectivity index (χ2n) is 8.21. The number of anilines is 2. The first-order valence-electron chi connectivity index (χ1n) is 10.3. The van der Waals surface area contributed by atoms with E-state index < -0.39 is 5.82 Å². The number of hydrogen-bond donors (Lipinski definition) is 1. The largest absolute Gasteiger partial charge is 0.424 e. The van der Waals surface area contributed by atoms with E-state index in [1.807, 2.05) is 13.0 Å². The topological polar surface area (TPSA) is 81.0 Å². The van der Waals surface area contributed by atoms with Crippen molar-refractivity contribution >= 4 is 23.4 Å². The van der Waals surface area contributed by atoms with Crippen LogP contribution in [0.4, 0.5) is 16.2 Å². The van der Waals surface area contributed by atoms with E-state index in [0.717, 1.165) is 37.4 Å². The lowest BCUT2D eigenvalue weighted by Crippen LogP contribution is -2.48. The number of hydrogen-bond acceptors (Lipinski definition) is 7.